The molecule has 14 heavy (non-hydrogen) atoms. The molecule has 0 fully saturated rings. The number of rotatable bonds is 1. The number of benzene rings is 1. The second-order valence-electron chi connectivity index (χ2n) is 2.24. The third-order valence-electron chi connectivity index (χ3n) is 1.43. The Morgan fingerprint density at radius 3 is 1.93 bits per heavy atom. The summed E-state index contributed by atoms with van der Waals surface area (Å²) in [5.41, 5.74) is -1.75. The third-order valence-corrected chi connectivity index (χ3v) is 1.43. The largest absolute Gasteiger partial charge is 0.503 e. The summed E-state index contributed by atoms with van der Waals surface area (Å²) in [7, 11) is 0. The highest BCUT2D eigenvalue weighted by Crippen LogP contribution is 2.38. The van der Waals surface area contributed by atoms with E-state index in [1.54, 1.807) is 0 Å². The molecule has 1 aromatic rings. The van der Waals surface area contributed by atoms with E-state index in [0.29, 0.717) is 0 Å². The number of nitro benzene ring substituents is 1. The lowest BCUT2D eigenvalue weighted by Crippen LogP contribution is -1.99. The van der Waals surface area contributed by atoms with Gasteiger partial charge in [-0.05, 0) is 0 Å². The van der Waals surface area contributed by atoms with E-state index in [0.717, 1.165) is 0 Å². The summed E-state index contributed by atoms with van der Waals surface area (Å²) >= 11 is 0. The fourth-order valence-electron chi connectivity index (χ4n) is 0.791. The van der Waals surface area contributed by atoms with E-state index in [1.165, 1.54) is 0 Å². The number of nitrogens with zero attached hydrogens (tertiary/aromatic N) is 1. The lowest BCUT2D eigenvalue weighted by Gasteiger charge is -2.02. The number of phenolic OH excluding ortho intramolecular Hbond substituents is 2. The standard InChI is InChI=1S/C6H2F3NO4/c7-1-2(8)5(11)3(9)6(12)4(1)10(13)14/h11-12H. The van der Waals surface area contributed by atoms with E-state index >= 15 is 0 Å². The van der Waals surface area contributed by atoms with Crippen molar-refractivity contribution in [2.75, 3.05) is 0 Å². The van der Waals surface area contributed by atoms with Crippen LogP contribution in [-0.2, 0) is 0 Å². The second kappa shape index (κ2) is 3.05. The molecule has 0 aliphatic heterocycles. The molecule has 0 radical (unpaired) electrons. The first kappa shape index (κ1) is 10.1. The zero-order chi connectivity index (χ0) is 11.0. The highest BCUT2D eigenvalue weighted by Gasteiger charge is 2.32. The van der Waals surface area contributed by atoms with Gasteiger partial charge in [0.2, 0.25) is 23.2 Å². The van der Waals surface area contributed by atoms with Crippen molar-refractivity contribution < 1.29 is 28.3 Å². The van der Waals surface area contributed by atoms with Gasteiger partial charge in [-0.1, -0.05) is 0 Å². The van der Waals surface area contributed by atoms with Crippen molar-refractivity contribution in [3.8, 4) is 11.5 Å². The van der Waals surface area contributed by atoms with Gasteiger partial charge in [-0.3, -0.25) is 10.1 Å². The van der Waals surface area contributed by atoms with Gasteiger partial charge in [0.15, 0.2) is 5.75 Å². The summed E-state index contributed by atoms with van der Waals surface area (Å²) in [4.78, 5) is 8.55. The van der Waals surface area contributed by atoms with E-state index in [2.05, 4.69) is 0 Å². The molecule has 0 spiro atoms. The Morgan fingerprint density at radius 1 is 1.00 bits per heavy atom. The van der Waals surface area contributed by atoms with Gasteiger partial charge in [-0.25, -0.2) is 0 Å². The number of aromatic hydroxyl groups is 2. The molecule has 0 unspecified atom stereocenters. The second-order valence-corrected chi connectivity index (χ2v) is 2.24. The Labute approximate surface area is 74.2 Å². The number of halogens is 3. The van der Waals surface area contributed by atoms with Crippen molar-refractivity contribution in [1.29, 1.82) is 0 Å². The Hall–Kier alpha value is -1.99. The van der Waals surface area contributed by atoms with E-state index in [-0.39, 0.29) is 0 Å². The predicted molar refractivity (Wildman–Crippen MR) is 36.3 cm³/mol. The van der Waals surface area contributed by atoms with Crippen molar-refractivity contribution in [3.05, 3.63) is 27.6 Å². The Kier molecular flexibility index (Phi) is 2.20. The molecule has 0 atom stereocenters. The highest BCUT2D eigenvalue weighted by atomic mass is 19.2. The maximum atomic E-state index is 12.7. The van der Waals surface area contributed by atoms with E-state index < -0.39 is 39.6 Å². The SMILES string of the molecule is O=[N+]([O-])c1c(O)c(F)c(O)c(F)c1F. The molecule has 0 aliphatic rings. The molecule has 0 saturated heterocycles. The van der Waals surface area contributed by atoms with Gasteiger partial charge in [0.25, 0.3) is 0 Å². The van der Waals surface area contributed by atoms with Gasteiger partial charge in [-0.2, -0.15) is 13.2 Å². The summed E-state index contributed by atoms with van der Waals surface area (Å²) in [5.74, 6) is -9.76. The zero-order valence-electron chi connectivity index (χ0n) is 6.29. The van der Waals surface area contributed by atoms with Crippen LogP contribution in [0.5, 0.6) is 11.5 Å². The molecular formula is C6H2F3NO4. The van der Waals surface area contributed by atoms with E-state index in [1.807, 2.05) is 0 Å². The molecule has 76 valence electrons. The van der Waals surface area contributed by atoms with Crippen LogP contribution in [0.2, 0.25) is 0 Å². The molecule has 1 rings (SSSR count). The van der Waals surface area contributed by atoms with Crippen LogP contribution in [0.1, 0.15) is 0 Å². The smallest absolute Gasteiger partial charge is 0.352 e. The lowest BCUT2D eigenvalue weighted by atomic mass is 10.2. The number of phenols is 2. The molecule has 5 nitrogen and oxygen atoms in total. The summed E-state index contributed by atoms with van der Waals surface area (Å²) < 4.78 is 37.7. The molecule has 0 heterocycles. The maximum Gasteiger partial charge on any atom is 0.352 e. The minimum absolute atomic E-state index is 1.50. The molecule has 8 heteroatoms. The van der Waals surface area contributed by atoms with Crippen molar-refractivity contribution in [3.63, 3.8) is 0 Å². The average molecular weight is 209 g/mol. The van der Waals surface area contributed by atoms with Crippen molar-refractivity contribution >= 4 is 5.69 Å². The van der Waals surface area contributed by atoms with Crippen molar-refractivity contribution in [1.82, 2.24) is 0 Å². The van der Waals surface area contributed by atoms with Crippen molar-refractivity contribution in [2.45, 2.75) is 0 Å². The zero-order valence-corrected chi connectivity index (χ0v) is 6.29. The topological polar surface area (TPSA) is 83.6 Å². The first-order valence-electron chi connectivity index (χ1n) is 3.10. The maximum absolute atomic E-state index is 12.7. The quantitative estimate of drug-likeness (QED) is 0.416. The van der Waals surface area contributed by atoms with Crippen LogP contribution in [0, 0.1) is 27.6 Å². The fraction of sp³-hybridized carbons (Fsp3) is 0. The van der Waals surface area contributed by atoms with Gasteiger partial charge in [0.05, 0.1) is 4.92 Å². The monoisotopic (exact) mass is 209 g/mol. The molecule has 2 N–H and O–H groups in total. The highest BCUT2D eigenvalue weighted by molar-refractivity contribution is 5.52. The predicted octanol–water partition coefficient (Wildman–Crippen LogP) is 1.42. The van der Waals surface area contributed by atoms with Gasteiger partial charge >= 0.3 is 5.69 Å². The first-order chi connectivity index (χ1) is 6.37. The van der Waals surface area contributed by atoms with Gasteiger partial charge < -0.3 is 10.2 Å². The molecular weight excluding hydrogens is 207 g/mol. The van der Waals surface area contributed by atoms with Crippen molar-refractivity contribution in [2.24, 2.45) is 0 Å². The number of hydrogen-bond donors (Lipinski definition) is 2. The van der Waals surface area contributed by atoms with Crippen LogP contribution < -0.4 is 0 Å². The summed E-state index contributed by atoms with van der Waals surface area (Å²) in [5, 5.41) is 27.2. The van der Waals surface area contributed by atoms with Gasteiger partial charge in [0, 0.05) is 0 Å². The Morgan fingerprint density at radius 2 is 1.50 bits per heavy atom. The first-order valence-corrected chi connectivity index (χ1v) is 3.10. The van der Waals surface area contributed by atoms with E-state index in [9.17, 15) is 23.3 Å². The Balaban J connectivity index is 3.68. The normalized spacial score (nSPS) is 10.2. The van der Waals surface area contributed by atoms with Crippen LogP contribution >= 0.6 is 0 Å². The summed E-state index contributed by atoms with van der Waals surface area (Å²) in [6.45, 7) is 0. The molecule has 0 aliphatic carbocycles. The molecule has 0 saturated carbocycles. The van der Waals surface area contributed by atoms with Gasteiger partial charge in [-0.15, -0.1) is 0 Å². The fourth-order valence-corrected chi connectivity index (χ4v) is 0.791. The number of hydrogen-bond acceptors (Lipinski definition) is 4. The molecule has 0 bridgehead atoms. The molecule has 0 aromatic heterocycles. The van der Waals surface area contributed by atoms with Gasteiger partial charge in [0.1, 0.15) is 0 Å². The van der Waals surface area contributed by atoms with Crippen LogP contribution in [0.15, 0.2) is 0 Å². The number of nitro groups is 1. The van der Waals surface area contributed by atoms with E-state index in [4.69, 9.17) is 10.2 Å². The Bertz CT molecular complexity index is 391. The van der Waals surface area contributed by atoms with Crippen LogP contribution in [0.4, 0.5) is 18.9 Å². The third kappa shape index (κ3) is 1.20. The molecule has 0 amide bonds. The molecule has 1 aromatic carbocycles. The minimum atomic E-state index is -2.12. The summed E-state index contributed by atoms with van der Waals surface area (Å²) in [6.07, 6.45) is 0. The lowest BCUT2D eigenvalue weighted by molar-refractivity contribution is -0.389. The van der Waals surface area contributed by atoms with Crippen LogP contribution in [0.25, 0.3) is 0 Å². The van der Waals surface area contributed by atoms with Crippen LogP contribution in [-0.4, -0.2) is 15.1 Å². The van der Waals surface area contributed by atoms with Crippen LogP contribution in [0.3, 0.4) is 0 Å². The summed E-state index contributed by atoms with van der Waals surface area (Å²) in [6, 6.07) is 0. The minimum Gasteiger partial charge on any atom is -0.503 e. The average Bonchev–Trinajstić information content (AvgIpc) is 2.11.